The first-order valence-electron chi connectivity index (χ1n) is 7.88. The third-order valence-electron chi connectivity index (χ3n) is 4.48. The second-order valence-electron chi connectivity index (χ2n) is 5.92. The number of rotatable bonds is 5. The van der Waals surface area contributed by atoms with Gasteiger partial charge in [0.15, 0.2) is 6.79 Å². The van der Waals surface area contributed by atoms with Crippen LogP contribution in [0.5, 0.6) is 11.5 Å². The van der Waals surface area contributed by atoms with E-state index in [1.54, 1.807) is 14.2 Å². The summed E-state index contributed by atoms with van der Waals surface area (Å²) in [5.74, 6) is 2.13. The Kier molecular flexibility index (Phi) is 4.72. The van der Waals surface area contributed by atoms with Crippen molar-refractivity contribution in [2.45, 2.75) is 25.2 Å². The molecule has 122 valence electrons. The van der Waals surface area contributed by atoms with E-state index in [0.29, 0.717) is 5.92 Å². The van der Waals surface area contributed by atoms with Crippen LogP contribution in [0.1, 0.15) is 29.0 Å². The smallest absolute Gasteiger partial charge is 0.188 e. The Morgan fingerprint density at radius 1 is 1.04 bits per heavy atom. The first-order chi connectivity index (χ1) is 11.2. The zero-order chi connectivity index (χ0) is 16.2. The molecule has 23 heavy (non-hydrogen) atoms. The van der Waals surface area contributed by atoms with Crippen LogP contribution in [-0.2, 0) is 17.6 Å². The van der Waals surface area contributed by atoms with Gasteiger partial charge in [-0.1, -0.05) is 12.1 Å². The summed E-state index contributed by atoms with van der Waals surface area (Å²) in [6.07, 6.45) is 3.14. The van der Waals surface area contributed by atoms with Crippen LogP contribution in [0.15, 0.2) is 36.4 Å². The summed E-state index contributed by atoms with van der Waals surface area (Å²) in [5.41, 5.74) is 11.0. The Balaban J connectivity index is 1.77. The van der Waals surface area contributed by atoms with Crippen LogP contribution >= 0.6 is 0 Å². The Bertz CT molecular complexity index is 684. The van der Waals surface area contributed by atoms with Crippen molar-refractivity contribution in [3.63, 3.8) is 0 Å². The van der Waals surface area contributed by atoms with E-state index in [-0.39, 0.29) is 6.79 Å². The van der Waals surface area contributed by atoms with Crippen LogP contribution in [0.4, 0.5) is 5.69 Å². The van der Waals surface area contributed by atoms with Gasteiger partial charge in [-0.05, 0) is 60.1 Å². The van der Waals surface area contributed by atoms with Crippen molar-refractivity contribution in [1.29, 1.82) is 0 Å². The summed E-state index contributed by atoms with van der Waals surface area (Å²) >= 11 is 0. The molecule has 0 saturated heterocycles. The molecule has 2 aromatic carbocycles. The molecular formula is C19H23NO3. The fourth-order valence-corrected chi connectivity index (χ4v) is 3.27. The zero-order valence-electron chi connectivity index (χ0n) is 13.7. The summed E-state index contributed by atoms with van der Waals surface area (Å²) in [4.78, 5) is 0. The van der Waals surface area contributed by atoms with Gasteiger partial charge in [-0.25, -0.2) is 0 Å². The average molecular weight is 313 g/mol. The summed E-state index contributed by atoms with van der Waals surface area (Å²) in [6, 6.07) is 12.3. The zero-order valence-corrected chi connectivity index (χ0v) is 13.7. The van der Waals surface area contributed by atoms with Crippen molar-refractivity contribution < 1.29 is 14.2 Å². The summed E-state index contributed by atoms with van der Waals surface area (Å²) in [6.45, 7) is 0.282. The Morgan fingerprint density at radius 3 is 2.61 bits per heavy atom. The highest BCUT2D eigenvalue weighted by Crippen LogP contribution is 2.37. The van der Waals surface area contributed by atoms with Crippen molar-refractivity contribution in [2.24, 2.45) is 0 Å². The largest absolute Gasteiger partial charge is 0.497 e. The Morgan fingerprint density at radius 2 is 1.87 bits per heavy atom. The SMILES string of the molecule is COCOc1ccc2c(c1)CC[C@@H](c1ccc(OC)cc1N)C2. The maximum absolute atomic E-state index is 6.21. The standard InChI is InChI=1S/C19H23NO3/c1-21-12-23-17-6-5-13-9-15(4-3-14(13)10-17)18-8-7-16(22-2)11-19(18)20/h5-8,10-11,15H,3-4,9,12,20H2,1-2H3/t15-/m1/s1. The van der Waals surface area contributed by atoms with Crippen molar-refractivity contribution in [3.8, 4) is 11.5 Å². The van der Waals surface area contributed by atoms with Gasteiger partial charge in [0.2, 0.25) is 0 Å². The highest BCUT2D eigenvalue weighted by Gasteiger charge is 2.22. The molecule has 0 aromatic heterocycles. The second kappa shape index (κ2) is 6.92. The molecule has 2 N–H and O–H groups in total. The van der Waals surface area contributed by atoms with Crippen molar-refractivity contribution in [2.75, 3.05) is 26.7 Å². The fourth-order valence-electron chi connectivity index (χ4n) is 3.27. The van der Waals surface area contributed by atoms with Gasteiger partial charge in [0, 0.05) is 18.9 Å². The lowest BCUT2D eigenvalue weighted by Crippen LogP contribution is -2.14. The molecule has 1 aliphatic carbocycles. The molecule has 1 atom stereocenters. The molecule has 4 heteroatoms. The van der Waals surface area contributed by atoms with Crippen LogP contribution in [0.2, 0.25) is 0 Å². The third kappa shape index (κ3) is 3.42. The monoisotopic (exact) mass is 313 g/mol. The number of hydrogen-bond donors (Lipinski definition) is 1. The number of methoxy groups -OCH3 is 2. The lowest BCUT2D eigenvalue weighted by molar-refractivity contribution is 0.0510. The summed E-state index contributed by atoms with van der Waals surface area (Å²) < 4.78 is 15.7. The molecule has 0 bridgehead atoms. The van der Waals surface area contributed by atoms with Crippen molar-refractivity contribution >= 4 is 5.69 Å². The minimum Gasteiger partial charge on any atom is -0.497 e. The lowest BCUT2D eigenvalue weighted by atomic mass is 9.79. The van der Waals surface area contributed by atoms with Crippen LogP contribution in [0.3, 0.4) is 0 Å². The number of aryl methyl sites for hydroxylation is 1. The molecule has 4 nitrogen and oxygen atoms in total. The predicted molar refractivity (Wildman–Crippen MR) is 91.1 cm³/mol. The molecule has 0 aliphatic heterocycles. The molecule has 0 spiro atoms. The van der Waals surface area contributed by atoms with E-state index in [2.05, 4.69) is 18.2 Å². The van der Waals surface area contributed by atoms with E-state index >= 15 is 0 Å². The van der Waals surface area contributed by atoms with E-state index in [4.69, 9.17) is 19.9 Å². The van der Waals surface area contributed by atoms with Gasteiger partial charge >= 0.3 is 0 Å². The van der Waals surface area contributed by atoms with Gasteiger partial charge in [0.1, 0.15) is 11.5 Å². The van der Waals surface area contributed by atoms with Gasteiger partial charge in [0.05, 0.1) is 7.11 Å². The quantitative estimate of drug-likeness (QED) is 0.678. The number of nitrogen functional groups attached to an aromatic ring is 1. The molecule has 0 saturated carbocycles. The van der Waals surface area contributed by atoms with E-state index in [9.17, 15) is 0 Å². The molecule has 0 unspecified atom stereocenters. The molecule has 2 aromatic rings. The van der Waals surface area contributed by atoms with Crippen LogP contribution in [-0.4, -0.2) is 21.0 Å². The summed E-state index contributed by atoms with van der Waals surface area (Å²) in [7, 11) is 3.29. The average Bonchev–Trinajstić information content (AvgIpc) is 2.59. The van der Waals surface area contributed by atoms with Crippen LogP contribution < -0.4 is 15.2 Å². The van der Waals surface area contributed by atoms with Crippen molar-refractivity contribution in [1.82, 2.24) is 0 Å². The van der Waals surface area contributed by atoms with E-state index < -0.39 is 0 Å². The van der Waals surface area contributed by atoms with Gasteiger partial charge < -0.3 is 19.9 Å². The highest BCUT2D eigenvalue weighted by atomic mass is 16.7. The fraction of sp³-hybridized carbons (Fsp3) is 0.368. The van der Waals surface area contributed by atoms with E-state index in [1.807, 2.05) is 18.2 Å². The molecule has 0 fully saturated rings. The predicted octanol–water partition coefficient (Wildman–Crippen LogP) is 3.53. The van der Waals surface area contributed by atoms with E-state index in [1.165, 1.54) is 16.7 Å². The minimum atomic E-state index is 0.282. The number of hydrogen-bond acceptors (Lipinski definition) is 4. The molecule has 0 radical (unpaired) electrons. The minimum absolute atomic E-state index is 0.282. The van der Waals surface area contributed by atoms with Gasteiger partial charge in [-0.2, -0.15) is 0 Å². The van der Waals surface area contributed by atoms with Crippen LogP contribution in [0, 0.1) is 0 Å². The first kappa shape index (κ1) is 15.7. The number of fused-ring (bicyclic) bond motifs is 1. The summed E-state index contributed by atoms with van der Waals surface area (Å²) in [5, 5.41) is 0. The van der Waals surface area contributed by atoms with Crippen molar-refractivity contribution in [3.05, 3.63) is 53.1 Å². The van der Waals surface area contributed by atoms with Gasteiger partial charge in [-0.15, -0.1) is 0 Å². The lowest BCUT2D eigenvalue weighted by Gasteiger charge is -2.26. The first-order valence-corrected chi connectivity index (χ1v) is 7.88. The molecule has 0 amide bonds. The third-order valence-corrected chi connectivity index (χ3v) is 4.48. The number of ether oxygens (including phenoxy) is 3. The second-order valence-corrected chi connectivity index (χ2v) is 5.92. The molecule has 0 heterocycles. The normalized spacial score (nSPS) is 16.7. The van der Waals surface area contributed by atoms with E-state index in [0.717, 1.165) is 36.4 Å². The Hall–Kier alpha value is -2.20. The number of nitrogens with two attached hydrogens (primary N) is 1. The maximum Gasteiger partial charge on any atom is 0.188 e. The van der Waals surface area contributed by atoms with Gasteiger partial charge in [-0.3, -0.25) is 0 Å². The molecule has 3 rings (SSSR count). The highest BCUT2D eigenvalue weighted by molar-refractivity contribution is 5.54. The van der Waals surface area contributed by atoms with Crippen LogP contribution in [0.25, 0.3) is 0 Å². The van der Waals surface area contributed by atoms with Gasteiger partial charge in [0.25, 0.3) is 0 Å². The maximum atomic E-state index is 6.21. The number of anilines is 1. The Labute approximate surface area is 137 Å². The molecule has 1 aliphatic rings. The molecular weight excluding hydrogens is 290 g/mol. The topological polar surface area (TPSA) is 53.7 Å². The number of benzene rings is 2.